The Kier molecular flexibility index (Phi) is 4.51. The number of para-hydroxylation sites is 2. The summed E-state index contributed by atoms with van der Waals surface area (Å²) in [7, 11) is 1.73. The van der Waals surface area contributed by atoms with Crippen molar-refractivity contribution in [2.75, 3.05) is 20.3 Å². The zero-order valence-corrected chi connectivity index (χ0v) is 14.3. The molecule has 0 saturated carbocycles. The van der Waals surface area contributed by atoms with Crippen molar-refractivity contribution in [3.8, 4) is 11.4 Å². The van der Waals surface area contributed by atoms with Crippen LogP contribution in [0.25, 0.3) is 22.4 Å². The molecular formula is C20H22FN3O. The number of fused-ring (bicyclic) bond motifs is 1. The topological polar surface area (TPSA) is 41.1 Å². The average Bonchev–Trinajstić information content (AvgIpc) is 3.22. The maximum atomic E-state index is 14.7. The lowest BCUT2D eigenvalue weighted by molar-refractivity contribution is 0.112. The van der Waals surface area contributed by atoms with Gasteiger partial charge < -0.3 is 9.72 Å². The number of ether oxygens (including phenoxy) is 1. The van der Waals surface area contributed by atoms with E-state index >= 15 is 0 Å². The molecule has 1 fully saturated rings. The molecule has 130 valence electrons. The summed E-state index contributed by atoms with van der Waals surface area (Å²) in [5, 5.41) is 0. The first kappa shape index (κ1) is 16.2. The van der Waals surface area contributed by atoms with Gasteiger partial charge in [-0.3, -0.25) is 4.90 Å². The van der Waals surface area contributed by atoms with Crippen molar-refractivity contribution >= 4 is 11.0 Å². The van der Waals surface area contributed by atoms with Crippen LogP contribution in [0.4, 0.5) is 4.39 Å². The first-order chi connectivity index (χ1) is 12.2. The van der Waals surface area contributed by atoms with Gasteiger partial charge in [-0.25, -0.2) is 9.37 Å². The third-order valence-electron chi connectivity index (χ3n) is 4.92. The van der Waals surface area contributed by atoms with Gasteiger partial charge in [0.15, 0.2) is 0 Å². The molecule has 1 aliphatic heterocycles. The number of hydrogen-bond donors (Lipinski definition) is 1. The van der Waals surface area contributed by atoms with E-state index in [4.69, 9.17) is 4.74 Å². The van der Waals surface area contributed by atoms with Crippen LogP contribution in [0, 0.1) is 5.82 Å². The van der Waals surface area contributed by atoms with Gasteiger partial charge in [-0.2, -0.15) is 0 Å². The summed E-state index contributed by atoms with van der Waals surface area (Å²) < 4.78 is 20.0. The number of imidazole rings is 1. The smallest absolute Gasteiger partial charge is 0.141 e. The van der Waals surface area contributed by atoms with Gasteiger partial charge in [-0.1, -0.05) is 18.2 Å². The molecule has 1 N–H and O–H groups in total. The lowest BCUT2D eigenvalue weighted by atomic mass is 10.1. The van der Waals surface area contributed by atoms with E-state index in [0.29, 0.717) is 17.4 Å². The van der Waals surface area contributed by atoms with Gasteiger partial charge in [0, 0.05) is 19.7 Å². The standard InChI is InChI=1S/C20H22FN3O/c1-25-13-15-5-4-10-24(15)12-14-8-9-16(17(21)11-14)20-22-18-6-2-3-7-19(18)23-20/h2-3,6-9,11,15H,4-5,10,12-13H2,1H3,(H,22,23)/t15-/m1/s1. The number of hydrogen-bond acceptors (Lipinski definition) is 3. The number of halogens is 1. The van der Waals surface area contributed by atoms with Crippen molar-refractivity contribution in [2.45, 2.75) is 25.4 Å². The predicted octanol–water partition coefficient (Wildman–Crippen LogP) is 3.98. The van der Waals surface area contributed by atoms with Crippen LogP contribution in [-0.4, -0.2) is 41.2 Å². The molecule has 1 atom stereocenters. The first-order valence-electron chi connectivity index (χ1n) is 8.71. The molecule has 0 bridgehead atoms. The Morgan fingerprint density at radius 1 is 1.28 bits per heavy atom. The molecule has 0 spiro atoms. The summed E-state index contributed by atoms with van der Waals surface area (Å²) in [6.07, 6.45) is 2.32. The lowest BCUT2D eigenvalue weighted by Crippen LogP contribution is -2.32. The van der Waals surface area contributed by atoms with Gasteiger partial charge in [-0.05, 0) is 49.2 Å². The number of aromatic amines is 1. The van der Waals surface area contributed by atoms with Gasteiger partial charge in [-0.15, -0.1) is 0 Å². The average molecular weight is 339 g/mol. The summed E-state index contributed by atoms with van der Waals surface area (Å²) in [6, 6.07) is 13.6. The third kappa shape index (κ3) is 3.30. The number of benzene rings is 2. The van der Waals surface area contributed by atoms with Crippen LogP contribution in [0.1, 0.15) is 18.4 Å². The monoisotopic (exact) mass is 339 g/mol. The largest absolute Gasteiger partial charge is 0.383 e. The molecule has 0 amide bonds. The minimum atomic E-state index is -0.237. The molecule has 4 rings (SSSR count). The van der Waals surface area contributed by atoms with Crippen molar-refractivity contribution < 1.29 is 9.13 Å². The van der Waals surface area contributed by atoms with Crippen LogP contribution < -0.4 is 0 Å². The van der Waals surface area contributed by atoms with Gasteiger partial charge in [0.1, 0.15) is 11.6 Å². The molecule has 25 heavy (non-hydrogen) atoms. The van der Waals surface area contributed by atoms with E-state index in [9.17, 15) is 4.39 Å². The second-order valence-electron chi connectivity index (χ2n) is 6.64. The molecular weight excluding hydrogens is 317 g/mol. The second kappa shape index (κ2) is 6.94. The fourth-order valence-electron chi connectivity index (χ4n) is 3.65. The maximum Gasteiger partial charge on any atom is 0.141 e. The summed E-state index contributed by atoms with van der Waals surface area (Å²) in [5.41, 5.74) is 3.26. The number of nitrogens with one attached hydrogen (secondary N) is 1. The molecule has 2 heterocycles. The zero-order chi connectivity index (χ0) is 17.2. The second-order valence-corrected chi connectivity index (χ2v) is 6.64. The normalized spacial score (nSPS) is 18.2. The number of aromatic nitrogens is 2. The minimum Gasteiger partial charge on any atom is -0.383 e. The van der Waals surface area contributed by atoms with Crippen molar-refractivity contribution in [3.05, 3.63) is 53.8 Å². The Bertz CT molecular complexity index is 843. The Balaban J connectivity index is 1.56. The molecule has 1 saturated heterocycles. The summed E-state index contributed by atoms with van der Waals surface area (Å²) in [5.74, 6) is 0.336. The van der Waals surface area contributed by atoms with E-state index in [-0.39, 0.29) is 5.82 Å². The van der Waals surface area contributed by atoms with Crippen LogP contribution in [-0.2, 0) is 11.3 Å². The van der Waals surface area contributed by atoms with Crippen LogP contribution >= 0.6 is 0 Å². The Morgan fingerprint density at radius 3 is 2.96 bits per heavy atom. The van der Waals surface area contributed by atoms with E-state index in [1.54, 1.807) is 13.2 Å². The highest BCUT2D eigenvalue weighted by Crippen LogP contribution is 2.26. The Hall–Kier alpha value is -2.24. The van der Waals surface area contributed by atoms with Crippen LogP contribution in [0.2, 0.25) is 0 Å². The third-order valence-corrected chi connectivity index (χ3v) is 4.92. The summed E-state index contributed by atoms with van der Waals surface area (Å²) >= 11 is 0. The van der Waals surface area contributed by atoms with E-state index < -0.39 is 0 Å². The molecule has 0 unspecified atom stereocenters. The first-order valence-corrected chi connectivity index (χ1v) is 8.71. The number of rotatable bonds is 5. The van der Waals surface area contributed by atoms with Crippen LogP contribution in [0.15, 0.2) is 42.5 Å². The van der Waals surface area contributed by atoms with E-state index in [0.717, 1.165) is 42.7 Å². The van der Waals surface area contributed by atoms with Gasteiger partial charge in [0.25, 0.3) is 0 Å². The fourth-order valence-corrected chi connectivity index (χ4v) is 3.65. The van der Waals surface area contributed by atoms with Crippen LogP contribution in [0.3, 0.4) is 0 Å². The molecule has 5 heteroatoms. The van der Waals surface area contributed by atoms with Gasteiger partial charge in [0.2, 0.25) is 0 Å². The summed E-state index contributed by atoms with van der Waals surface area (Å²) in [6.45, 7) is 2.53. The van der Waals surface area contributed by atoms with Crippen molar-refractivity contribution in [2.24, 2.45) is 0 Å². The molecule has 4 nitrogen and oxygen atoms in total. The fraction of sp³-hybridized carbons (Fsp3) is 0.350. The molecule has 2 aromatic carbocycles. The lowest BCUT2D eigenvalue weighted by Gasteiger charge is -2.23. The maximum absolute atomic E-state index is 14.7. The molecule has 0 aliphatic carbocycles. The zero-order valence-electron chi connectivity index (χ0n) is 14.3. The van der Waals surface area contributed by atoms with Crippen molar-refractivity contribution in [1.82, 2.24) is 14.9 Å². The van der Waals surface area contributed by atoms with E-state index in [2.05, 4.69) is 14.9 Å². The number of methoxy groups -OCH3 is 1. The predicted molar refractivity (Wildman–Crippen MR) is 96.8 cm³/mol. The highest BCUT2D eigenvalue weighted by atomic mass is 19.1. The van der Waals surface area contributed by atoms with Crippen molar-refractivity contribution in [1.29, 1.82) is 0 Å². The SMILES string of the molecule is COC[C@H]1CCCN1Cc1ccc(-c2nc3ccccc3[nH]2)c(F)c1. The molecule has 1 aromatic heterocycles. The highest BCUT2D eigenvalue weighted by molar-refractivity contribution is 5.79. The number of nitrogens with zero attached hydrogens (tertiary/aromatic N) is 2. The molecule has 1 aliphatic rings. The number of H-pyrrole nitrogens is 1. The summed E-state index contributed by atoms with van der Waals surface area (Å²) in [4.78, 5) is 10.1. The quantitative estimate of drug-likeness (QED) is 0.764. The minimum absolute atomic E-state index is 0.237. The van der Waals surface area contributed by atoms with E-state index in [1.807, 2.05) is 36.4 Å². The molecule has 3 aromatic rings. The van der Waals surface area contributed by atoms with Crippen molar-refractivity contribution in [3.63, 3.8) is 0 Å². The van der Waals surface area contributed by atoms with Crippen LogP contribution in [0.5, 0.6) is 0 Å². The Labute approximate surface area is 146 Å². The highest BCUT2D eigenvalue weighted by Gasteiger charge is 2.24. The molecule has 0 radical (unpaired) electrons. The number of likely N-dealkylation sites (tertiary alicyclic amines) is 1. The Morgan fingerprint density at radius 2 is 2.16 bits per heavy atom. The van der Waals surface area contributed by atoms with Gasteiger partial charge in [0.05, 0.1) is 23.2 Å². The van der Waals surface area contributed by atoms with Gasteiger partial charge >= 0.3 is 0 Å². The van der Waals surface area contributed by atoms with E-state index in [1.165, 1.54) is 6.42 Å².